The molecule has 1 amide bonds. The number of benzene rings is 1. The molecule has 5 rings (SSSR count). The molecular formula is C26H28N4O2S. The minimum Gasteiger partial charge on any atom is -0.490 e. The normalized spacial score (nSPS) is 14.7. The third kappa shape index (κ3) is 4.37. The third-order valence-corrected chi connectivity index (χ3v) is 7.14. The number of amides is 1. The van der Waals surface area contributed by atoms with Crippen LogP contribution in [0.3, 0.4) is 0 Å². The minimum atomic E-state index is 0.0479. The van der Waals surface area contributed by atoms with Crippen LogP contribution in [0.15, 0.2) is 48.0 Å². The number of hydrogen-bond donors (Lipinski definition) is 0. The molecular weight excluding hydrogens is 432 g/mol. The van der Waals surface area contributed by atoms with Crippen molar-refractivity contribution in [1.29, 1.82) is 0 Å². The molecule has 7 heteroatoms. The zero-order valence-electron chi connectivity index (χ0n) is 19.2. The first-order chi connectivity index (χ1) is 16.0. The Labute approximate surface area is 197 Å². The molecule has 4 heterocycles. The first-order valence-electron chi connectivity index (χ1n) is 11.4. The van der Waals surface area contributed by atoms with Gasteiger partial charge in [0.2, 0.25) is 0 Å². The number of carbonyl (C=O) groups excluding carboxylic acids is 1. The van der Waals surface area contributed by atoms with Gasteiger partial charge < -0.3 is 9.64 Å². The van der Waals surface area contributed by atoms with Gasteiger partial charge in [-0.1, -0.05) is 24.3 Å². The fraction of sp³-hybridized carbons (Fsp3) is 0.346. The lowest BCUT2D eigenvalue weighted by Crippen LogP contribution is -2.42. The molecule has 33 heavy (non-hydrogen) atoms. The van der Waals surface area contributed by atoms with E-state index < -0.39 is 0 Å². The van der Waals surface area contributed by atoms with Crippen molar-refractivity contribution in [3.63, 3.8) is 0 Å². The Morgan fingerprint density at radius 3 is 2.58 bits per heavy atom. The van der Waals surface area contributed by atoms with E-state index in [2.05, 4.69) is 48.6 Å². The second-order valence-electron chi connectivity index (χ2n) is 8.76. The molecule has 0 N–H and O–H groups in total. The number of aromatic nitrogens is 3. The highest BCUT2D eigenvalue weighted by atomic mass is 32.1. The molecule has 1 saturated heterocycles. The van der Waals surface area contributed by atoms with Crippen LogP contribution in [-0.2, 0) is 6.54 Å². The number of nitrogens with zero attached hydrogens (tertiary/aromatic N) is 4. The van der Waals surface area contributed by atoms with E-state index in [1.54, 1.807) is 17.5 Å². The number of carbonyl (C=O) groups is 1. The lowest BCUT2D eigenvalue weighted by atomic mass is 10.0. The molecule has 1 fully saturated rings. The largest absolute Gasteiger partial charge is 0.490 e. The Hall–Kier alpha value is -3.19. The van der Waals surface area contributed by atoms with Gasteiger partial charge in [-0.25, -0.2) is 9.67 Å². The molecule has 0 spiro atoms. The minimum absolute atomic E-state index is 0.0479. The van der Waals surface area contributed by atoms with Crippen molar-refractivity contribution < 1.29 is 9.53 Å². The highest BCUT2D eigenvalue weighted by molar-refractivity contribution is 7.09. The molecule has 0 radical (unpaired) electrons. The number of piperidine rings is 1. The highest BCUT2D eigenvalue weighted by Crippen LogP contribution is 2.28. The lowest BCUT2D eigenvalue weighted by Gasteiger charge is -2.33. The maximum absolute atomic E-state index is 13.5. The van der Waals surface area contributed by atoms with E-state index in [0.717, 1.165) is 46.4 Å². The summed E-state index contributed by atoms with van der Waals surface area (Å²) in [6.07, 6.45) is 3.55. The van der Waals surface area contributed by atoms with Crippen molar-refractivity contribution in [1.82, 2.24) is 19.7 Å². The van der Waals surface area contributed by atoms with E-state index in [4.69, 9.17) is 9.72 Å². The number of rotatable bonds is 5. The second-order valence-corrected chi connectivity index (χ2v) is 9.79. The van der Waals surface area contributed by atoms with Crippen molar-refractivity contribution in [3.8, 4) is 5.75 Å². The Balaban J connectivity index is 1.32. The molecule has 0 saturated carbocycles. The summed E-state index contributed by atoms with van der Waals surface area (Å²) in [6.45, 7) is 8.12. The van der Waals surface area contributed by atoms with Gasteiger partial charge in [0, 0.05) is 36.5 Å². The van der Waals surface area contributed by atoms with Gasteiger partial charge in [-0.2, -0.15) is 5.10 Å². The zero-order chi connectivity index (χ0) is 22.9. The summed E-state index contributed by atoms with van der Waals surface area (Å²) < 4.78 is 8.22. The predicted molar refractivity (Wildman–Crippen MR) is 131 cm³/mol. The van der Waals surface area contributed by atoms with Crippen LogP contribution in [-0.4, -0.2) is 44.8 Å². The number of ether oxygens (including phenoxy) is 1. The standard InChI is InChI=1S/C26H28N4O2S/c1-17-6-4-7-18(2)24(17)32-20-9-11-29(12-10-20)26(31)22-14-19(3)28-25-23(22)15-27-30(25)16-21-8-5-13-33-21/h4-8,13-15,20H,9-12,16H2,1-3H3. The zero-order valence-corrected chi connectivity index (χ0v) is 20.1. The smallest absolute Gasteiger partial charge is 0.254 e. The number of thiophene rings is 1. The van der Waals surface area contributed by atoms with Gasteiger partial charge >= 0.3 is 0 Å². The predicted octanol–water partition coefficient (Wildman–Crippen LogP) is 5.15. The van der Waals surface area contributed by atoms with Gasteiger partial charge in [-0.3, -0.25) is 4.79 Å². The summed E-state index contributed by atoms with van der Waals surface area (Å²) in [4.78, 5) is 21.3. The number of hydrogen-bond acceptors (Lipinski definition) is 5. The van der Waals surface area contributed by atoms with E-state index in [1.165, 1.54) is 4.88 Å². The summed E-state index contributed by atoms with van der Waals surface area (Å²) in [5.41, 5.74) is 4.58. The maximum atomic E-state index is 13.5. The summed E-state index contributed by atoms with van der Waals surface area (Å²) in [6, 6.07) is 12.2. The van der Waals surface area contributed by atoms with Crippen molar-refractivity contribution in [2.75, 3.05) is 13.1 Å². The molecule has 1 aliphatic heterocycles. The van der Waals surface area contributed by atoms with Gasteiger partial charge in [0.15, 0.2) is 5.65 Å². The highest BCUT2D eigenvalue weighted by Gasteiger charge is 2.27. The summed E-state index contributed by atoms with van der Waals surface area (Å²) in [5.74, 6) is 1.03. The van der Waals surface area contributed by atoms with Crippen LogP contribution in [0.1, 0.15) is 44.9 Å². The van der Waals surface area contributed by atoms with Crippen LogP contribution in [0.25, 0.3) is 11.0 Å². The molecule has 4 aromatic rings. The molecule has 170 valence electrons. The number of fused-ring (bicyclic) bond motifs is 1. The van der Waals surface area contributed by atoms with Gasteiger partial charge in [0.05, 0.1) is 23.7 Å². The number of pyridine rings is 1. The average molecular weight is 461 g/mol. The molecule has 0 aliphatic carbocycles. The first-order valence-corrected chi connectivity index (χ1v) is 12.3. The quantitative estimate of drug-likeness (QED) is 0.413. The van der Waals surface area contributed by atoms with E-state index in [1.807, 2.05) is 28.6 Å². The molecule has 0 bridgehead atoms. The SMILES string of the molecule is Cc1cc(C(=O)N2CCC(Oc3c(C)cccc3C)CC2)c2cnn(Cc3cccs3)c2n1. The summed E-state index contributed by atoms with van der Waals surface area (Å²) in [5, 5.41) is 7.42. The van der Waals surface area contributed by atoms with Gasteiger partial charge in [0.25, 0.3) is 5.91 Å². The molecule has 1 aliphatic rings. The van der Waals surface area contributed by atoms with Crippen LogP contribution in [0.5, 0.6) is 5.75 Å². The number of likely N-dealkylation sites (tertiary alicyclic amines) is 1. The van der Waals surface area contributed by atoms with Gasteiger partial charge in [-0.15, -0.1) is 11.3 Å². The van der Waals surface area contributed by atoms with Gasteiger partial charge in [0.1, 0.15) is 11.9 Å². The Bertz CT molecular complexity index is 1270. The summed E-state index contributed by atoms with van der Waals surface area (Å²) >= 11 is 1.69. The van der Waals surface area contributed by atoms with E-state index in [0.29, 0.717) is 25.2 Å². The van der Waals surface area contributed by atoms with Crippen molar-refractivity contribution in [3.05, 3.63) is 75.2 Å². The van der Waals surface area contributed by atoms with E-state index in [9.17, 15) is 4.79 Å². The Morgan fingerprint density at radius 2 is 1.88 bits per heavy atom. The Morgan fingerprint density at radius 1 is 1.12 bits per heavy atom. The van der Waals surface area contributed by atoms with Crippen molar-refractivity contribution >= 4 is 28.3 Å². The molecule has 0 unspecified atom stereocenters. The van der Waals surface area contributed by atoms with Crippen molar-refractivity contribution in [2.24, 2.45) is 0 Å². The third-order valence-electron chi connectivity index (χ3n) is 6.28. The monoisotopic (exact) mass is 460 g/mol. The van der Waals surface area contributed by atoms with E-state index >= 15 is 0 Å². The van der Waals surface area contributed by atoms with Gasteiger partial charge in [-0.05, 0) is 49.4 Å². The first kappa shape index (κ1) is 21.6. The van der Waals surface area contributed by atoms with Crippen LogP contribution < -0.4 is 4.74 Å². The topological polar surface area (TPSA) is 60.3 Å². The fourth-order valence-electron chi connectivity index (χ4n) is 4.51. The Kier molecular flexibility index (Phi) is 5.89. The second kappa shape index (κ2) is 8.98. The molecule has 6 nitrogen and oxygen atoms in total. The lowest BCUT2D eigenvalue weighted by molar-refractivity contribution is 0.0594. The van der Waals surface area contributed by atoms with Crippen LogP contribution >= 0.6 is 11.3 Å². The molecule has 3 aromatic heterocycles. The maximum Gasteiger partial charge on any atom is 0.254 e. The fourth-order valence-corrected chi connectivity index (χ4v) is 5.20. The summed E-state index contributed by atoms with van der Waals surface area (Å²) in [7, 11) is 0. The van der Waals surface area contributed by atoms with Crippen molar-refractivity contribution in [2.45, 2.75) is 46.3 Å². The van der Waals surface area contributed by atoms with Crippen LogP contribution in [0.2, 0.25) is 0 Å². The molecule has 1 aromatic carbocycles. The van der Waals surface area contributed by atoms with E-state index in [-0.39, 0.29) is 12.0 Å². The molecule has 0 atom stereocenters. The average Bonchev–Trinajstić information content (AvgIpc) is 3.46. The number of para-hydroxylation sites is 1. The van der Waals surface area contributed by atoms with Crippen LogP contribution in [0, 0.1) is 20.8 Å². The number of aryl methyl sites for hydroxylation is 3. The van der Waals surface area contributed by atoms with Crippen LogP contribution in [0.4, 0.5) is 0 Å².